The molecule has 1 aromatic carbocycles. The lowest BCUT2D eigenvalue weighted by Crippen LogP contribution is -2.18. The number of oxime groups is 1. The first-order valence-corrected chi connectivity index (χ1v) is 5.65. The summed E-state index contributed by atoms with van der Waals surface area (Å²) in [6, 6.07) is 4.66. The molecule has 0 aliphatic carbocycles. The molecule has 0 bridgehead atoms. The first kappa shape index (κ1) is 11.4. The average molecular weight is 242 g/mol. The molecule has 1 aromatic rings. The van der Waals surface area contributed by atoms with E-state index < -0.39 is 0 Å². The van der Waals surface area contributed by atoms with Gasteiger partial charge in [-0.15, -0.1) is 11.6 Å². The van der Waals surface area contributed by atoms with Crippen molar-refractivity contribution in [2.24, 2.45) is 5.16 Å². The van der Waals surface area contributed by atoms with Crippen molar-refractivity contribution < 1.29 is 9.23 Å². The number of hydrogen-bond donors (Lipinski definition) is 0. The Morgan fingerprint density at radius 3 is 2.88 bits per heavy atom. The van der Waals surface area contributed by atoms with E-state index in [9.17, 15) is 4.39 Å². The quantitative estimate of drug-likeness (QED) is 0.729. The summed E-state index contributed by atoms with van der Waals surface area (Å²) in [5.41, 5.74) is 2.64. The van der Waals surface area contributed by atoms with Gasteiger partial charge in [-0.2, -0.15) is 0 Å². The van der Waals surface area contributed by atoms with Crippen LogP contribution in [0, 0.1) is 12.7 Å². The molecule has 86 valence electrons. The molecule has 2 rings (SSSR count). The van der Waals surface area contributed by atoms with Gasteiger partial charge in [0.1, 0.15) is 11.9 Å². The van der Waals surface area contributed by atoms with Crippen molar-refractivity contribution >= 4 is 17.3 Å². The lowest BCUT2D eigenvalue weighted by molar-refractivity contribution is 0.0855. The summed E-state index contributed by atoms with van der Waals surface area (Å²) >= 11 is 5.94. The van der Waals surface area contributed by atoms with E-state index in [2.05, 4.69) is 5.16 Å². The van der Waals surface area contributed by atoms with Gasteiger partial charge in [0.15, 0.2) is 0 Å². The Bertz CT molecular complexity index is 431. The van der Waals surface area contributed by atoms with Crippen LogP contribution in [-0.2, 0) is 4.84 Å². The number of alkyl halides is 1. The lowest BCUT2D eigenvalue weighted by atomic mass is 9.99. The molecule has 0 aromatic heterocycles. The maximum atomic E-state index is 12.9. The Kier molecular flexibility index (Phi) is 3.15. The van der Waals surface area contributed by atoms with Crippen LogP contribution >= 0.6 is 11.6 Å². The molecule has 0 radical (unpaired) electrons. The third-order valence-corrected chi connectivity index (χ3v) is 2.99. The Morgan fingerprint density at radius 1 is 1.56 bits per heavy atom. The number of hydrogen-bond acceptors (Lipinski definition) is 2. The van der Waals surface area contributed by atoms with Crippen molar-refractivity contribution in [2.75, 3.05) is 0 Å². The maximum Gasteiger partial charge on any atom is 0.149 e. The number of benzene rings is 1. The van der Waals surface area contributed by atoms with Gasteiger partial charge in [-0.3, -0.25) is 0 Å². The average Bonchev–Trinajstić information content (AvgIpc) is 2.66. The van der Waals surface area contributed by atoms with E-state index in [0.717, 1.165) is 16.8 Å². The van der Waals surface area contributed by atoms with Gasteiger partial charge in [0.2, 0.25) is 0 Å². The van der Waals surface area contributed by atoms with Crippen molar-refractivity contribution in [1.82, 2.24) is 0 Å². The maximum absolute atomic E-state index is 12.9. The summed E-state index contributed by atoms with van der Waals surface area (Å²) in [6.07, 6.45) is 0.595. The number of halogens is 2. The van der Waals surface area contributed by atoms with Crippen LogP contribution in [0.1, 0.15) is 24.5 Å². The van der Waals surface area contributed by atoms with Crippen LogP contribution in [0.25, 0.3) is 0 Å². The molecule has 16 heavy (non-hydrogen) atoms. The highest BCUT2D eigenvalue weighted by Crippen LogP contribution is 2.23. The molecule has 2 atom stereocenters. The van der Waals surface area contributed by atoms with Crippen molar-refractivity contribution in [3.8, 4) is 0 Å². The standard InChI is InChI=1S/C12H13ClFNO/c1-7-5-9(14)3-4-10(7)11-6-12(8(2)13)16-15-11/h3-5,8,12H,6H2,1-2H3. The molecular formula is C12H13ClFNO. The minimum absolute atomic E-state index is 0.0815. The largest absolute Gasteiger partial charge is 0.390 e. The summed E-state index contributed by atoms with van der Waals surface area (Å²) in [4.78, 5) is 5.23. The van der Waals surface area contributed by atoms with Crippen LogP contribution in [-0.4, -0.2) is 17.2 Å². The van der Waals surface area contributed by atoms with Crippen LogP contribution < -0.4 is 0 Å². The molecule has 0 fully saturated rings. The molecular weight excluding hydrogens is 229 g/mol. The van der Waals surface area contributed by atoms with Gasteiger partial charge in [0, 0.05) is 12.0 Å². The fourth-order valence-corrected chi connectivity index (χ4v) is 1.89. The van der Waals surface area contributed by atoms with Crippen molar-refractivity contribution in [1.29, 1.82) is 0 Å². The first-order valence-electron chi connectivity index (χ1n) is 5.21. The molecule has 0 spiro atoms. The third-order valence-electron chi connectivity index (χ3n) is 2.70. The zero-order valence-corrected chi connectivity index (χ0v) is 9.96. The monoisotopic (exact) mass is 241 g/mol. The molecule has 2 nitrogen and oxygen atoms in total. The Hall–Kier alpha value is -1.09. The highest BCUT2D eigenvalue weighted by Gasteiger charge is 2.26. The smallest absolute Gasteiger partial charge is 0.149 e. The molecule has 0 saturated heterocycles. The van der Waals surface area contributed by atoms with E-state index in [1.807, 2.05) is 13.8 Å². The van der Waals surface area contributed by atoms with Gasteiger partial charge in [0.05, 0.1) is 11.1 Å². The second-order valence-electron chi connectivity index (χ2n) is 4.02. The van der Waals surface area contributed by atoms with Crippen LogP contribution in [0.3, 0.4) is 0 Å². The third kappa shape index (κ3) is 2.19. The zero-order valence-electron chi connectivity index (χ0n) is 9.21. The minimum atomic E-state index is -0.233. The molecule has 0 amide bonds. The van der Waals surface area contributed by atoms with E-state index >= 15 is 0 Å². The SMILES string of the molecule is Cc1cc(F)ccc1C1=NOC(C(C)Cl)C1. The van der Waals surface area contributed by atoms with Crippen molar-refractivity contribution in [2.45, 2.75) is 31.7 Å². The lowest BCUT2D eigenvalue weighted by Gasteiger charge is -2.09. The normalized spacial score (nSPS) is 21.5. The Labute approximate surface area is 99.0 Å². The molecule has 1 heterocycles. The van der Waals surface area contributed by atoms with Crippen LogP contribution in [0.5, 0.6) is 0 Å². The van der Waals surface area contributed by atoms with E-state index in [1.165, 1.54) is 12.1 Å². The summed E-state index contributed by atoms with van der Waals surface area (Å²) < 4.78 is 12.9. The van der Waals surface area contributed by atoms with E-state index in [0.29, 0.717) is 6.42 Å². The minimum Gasteiger partial charge on any atom is -0.390 e. The highest BCUT2D eigenvalue weighted by molar-refractivity contribution is 6.21. The highest BCUT2D eigenvalue weighted by atomic mass is 35.5. The van der Waals surface area contributed by atoms with Crippen LogP contribution in [0.4, 0.5) is 4.39 Å². The van der Waals surface area contributed by atoms with Crippen LogP contribution in [0.15, 0.2) is 23.4 Å². The Balaban J connectivity index is 2.21. The summed E-state index contributed by atoms with van der Waals surface area (Å²) in [7, 11) is 0. The Morgan fingerprint density at radius 2 is 2.31 bits per heavy atom. The molecule has 0 N–H and O–H groups in total. The second kappa shape index (κ2) is 4.42. The molecule has 0 saturated carbocycles. The zero-order chi connectivity index (χ0) is 11.7. The number of rotatable bonds is 2. The number of aryl methyl sites for hydroxylation is 1. The number of nitrogens with zero attached hydrogens (tertiary/aromatic N) is 1. The fraction of sp³-hybridized carbons (Fsp3) is 0.417. The van der Waals surface area contributed by atoms with Crippen molar-refractivity contribution in [3.05, 3.63) is 35.1 Å². The second-order valence-corrected chi connectivity index (χ2v) is 4.71. The predicted molar refractivity (Wildman–Crippen MR) is 62.5 cm³/mol. The summed E-state index contributed by atoms with van der Waals surface area (Å²) in [5.74, 6) is -0.233. The molecule has 1 aliphatic rings. The molecule has 1 aliphatic heterocycles. The van der Waals surface area contributed by atoms with Crippen LogP contribution in [0.2, 0.25) is 0 Å². The van der Waals surface area contributed by atoms with Gasteiger partial charge in [-0.05, 0) is 37.6 Å². The predicted octanol–water partition coefficient (Wildman–Crippen LogP) is 3.25. The van der Waals surface area contributed by atoms with Gasteiger partial charge >= 0.3 is 0 Å². The molecule has 2 unspecified atom stereocenters. The van der Waals surface area contributed by atoms with E-state index in [-0.39, 0.29) is 17.3 Å². The van der Waals surface area contributed by atoms with Gasteiger partial charge in [-0.25, -0.2) is 4.39 Å². The summed E-state index contributed by atoms with van der Waals surface area (Å²) in [5, 5.41) is 3.93. The van der Waals surface area contributed by atoms with Gasteiger partial charge in [-0.1, -0.05) is 5.16 Å². The van der Waals surface area contributed by atoms with Gasteiger partial charge in [0.25, 0.3) is 0 Å². The van der Waals surface area contributed by atoms with E-state index in [4.69, 9.17) is 16.4 Å². The first-order chi connectivity index (χ1) is 7.58. The van der Waals surface area contributed by atoms with Gasteiger partial charge < -0.3 is 4.84 Å². The fourth-order valence-electron chi connectivity index (χ4n) is 1.75. The van der Waals surface area contributed by atoms with E-state index in [1.54, 1.807) is 6.07 Å². The topological polar surface area (TPSA) is 21.6 Å². The summed E-state index contributed by atoms with van der Waals surface area (Å²) in [6.45, 7) is 3.74. The molecule has 4 heteroatoms. The van der Waals surface area contributed by atoms with Crippen molar-refractivity contribution in [3.63, 3.8) is 0 Å².